The predicted octanol–water partition coefficient (Wildman–Crippen LogP) is 2.38. The van der Waals surface area contributed by atoms with Crippen LogP contribution in [0.5, 0.6) is 0 Å². The molecule has 0 N–H and O–H groups in total. The van der Waals surface area contributed by atoms with E-state index in [1.807, 2.05) is 12.3 Å². The number of rotatable bonds is 4. The molecule has 0 radical (unpaired) electrons. The lowest BCUT2D eigenvalue weighted by atomic mass is 10.3. The molecule has 4 heterocycles. The lowest BCUT2D eigenvalue weighted by molar-refractivity contribution is 0.631. The normalized spacial score (nSPS) is 20.4. The van der Waals surface area contributed by atoms with E-state index < -0.39 is 0 Å². The first-order valence-corrected chi connectivity index (χ1v) is 10.2. The van der Waals surface area contributed by atoms with Gasteiger partial charge in [0.25, 0.3) is 0 Å². The summed E-state index contributed by atoms with van der Waals surface area (Å²) in [6.45, 7) is 8.02. The van der Waals surface area contributed by atoms with E-state index in [9.17, 15) is 0 Å². The molecule has 0 bridgehead atoms. The number of aromatic nitrogens is 4. The Morgan fingerprint density at radius 3 is 2.26 bits per heavy atom. The highest BCUT2D eigenvalue weighted by molar-refractivity contribution is 5.48. The lowest BCUT2D eigenvalue weighted by Crippen LogP contribution is -2.47. The van der Waals surface area contributed by atoms with Crippen LogP contribution in [0, 0.1) is 6.92 Å². The van der Waals surface area contributed by atoms with E-state index in [4.69, 9.17) is 15.0 Å². The van der Waals surface area contributed by atoms with Crippen molar-refractivity contribution in [1.29, 1.82) is 0 Å². The van der Waals surface area contributed by atoms with Crippen LogP contribution < -0.4 is 14.7 Å². The van der Waals surface area contributed by atoms with Crippen molar-refractivity contribution in [2.45, 2.75) is 38.5 Å². The first kappa shape index (κ1) is 16.7. The molecule has 3 aliphatic rings. The average molecular weight is 365 g/mol. The summed E-state index contributed by atoms with van der Waals surface area (Å²) in [5.74, 6) is 4.64. The second kappa shape index (κ2) is 6.94. The van der Waals surface area contributed by atoms with Crippen LogP contribution in [-0.4, -0.2) is 59.2 Å². The average Bonchev–Trinajstić information content (AvgIpc) is 3.42. The standard InChI is InChI=1S/C20H27N7/c1-15-14-18(25-8-2-3-9-25)24-20(22-15)27-12-10-26(11-13-27)17-6-7-21-19(23-17)16-4-5-16/h6-7,14,16H,2-5,8-13H2,1H3. The number of anilines is 3. The molecule has 0 amide bonds. The van der Waals surface area contributed by atoms with Gasteiger partial charge >= 0.3 is 0 Å². The fourth-order valence-electron chi connectivity index (χ4n) is 4.00. The minimum absolute atomic E-state index is 0.593. The molecule has 2 aromatic heterocycles. The Balaban J connectivity index is 1.28. The van der Waals surface area contributed by atoms with Crippen molar-refractivity contribution in [1.82, 2.24) is 19.9 Å². The summed E-state index contributed by atoms with van der Waals surface area (Å²) in [5, 5.41) is 0. The maximum atomic E-state index is 4.88. The van der Waals surface area contributed by atoms with Gasteiger partial charge in [-0.25, -0.2) is 15.0 Å². The van der Waals surface area contributed by atoms with Gasteiger partial charge < -0.3 is 14.7 Å². The fraction of sp³-hybridized carbons (Fsp3) is 0.600. The molecule has 27 heavy (non-hydrogen) atoms. The molecule has 0 spiro atoms. The summed E-state index contributed by atoms with van der Waals surface area (Å²) < 4.78 is 0. The molecule has 3 fully saturated rings. The van der Waals surface area contributed by atoms with E-state index in [1.54, 1.807) is 0 Å². The van der Waals surface area contributed by atoms with Crippen LogP contribution in [-0.2, 0) is 0 Å². The largest absolute Gasteiger partial charge is 0.356 e. The molecule has 2 aromatic rings. The second-order valence-corrected chi connectivity index (χ2v) is 7.88. The van der Waals surface area contributed by atoms with Crippen molar-refractivity contribution in [2.75, 3.05) is 54.0 Å². The maximum Gasteiger partial charge on any atom is 0.227 e. The quantitative estimate of drug-likeness (QED) is 0.824. The predicted molar refractivity (Wildman–Crippen MR) is 107 cm³/mol. The van der Waals surface area contributed by atoms with Crippen LogP contribution in [0.15, 0.2) is 18.3 Å². The SMILES string of the molecule is Cc1cc(N2CCCC2)nc(N2CCN(c3ccnc(C4CC4)n3)CC2)n1. The van der Waals surface area contributed by atoms with Crippen LogP contribution in [0.4, 0.5) is 17.6 Å². The van der Waals surface area contributed by atoms with E-state index in [0.717, 1.165) is 68.4 Å². The van der Waals surface area contributed by atoms with Crippen molar-refractivity contribution in [3.8, 4) is 0 Å². The van der Waals surface area contributed by atoms with Crippen molar-refractivity contribution >= 4 is 17.6 Å². The van der Waals surface area contributed by atoms with Crippen LogP contribution >= 0.6 is 0 Å². The highest BCUT2D eigenvalue weighted by Gasteiger charge is 2.28. The van der Waals surface area contributed by atoms with Crippen molar-refractivity contribution in [2.24, 2.45) is 0 Å². The summed E-state index contributed by atoms with van der Waals surface area (Å²) in [7, 11) is 0. The number of hydrogen-bond donors (Lipinski definition) is 0. The monoisotopic (exact) mass is 365 g/mol. The summed E-state index contributed by atoms with van der Waals surface area (Å²) in [6, 6.07) is 4.15. The van der Waals surface area contributed by atoms with Gasteiger partial charge in [0.15, 0.2) is 0 Å². The van der Waals surface area contributed by atoms with Crippen LogP contribution in [0.25, 0.3) is 0 Å². The van der Waals surface area contributed by atoms with Gasteiger partial charge in [0.05, 0.1) is 0 Å². The van der Waals surface area contributed by atoms with Crippen molar-refractivity contribution in [3.63, 3.8) is 0 Å². The van der Waals surface area contributed by atoms with Crippen molar-refractivity contribution < 1.29 is 0 Å². The fourth-order valence-corrected chi connectivity index (χ4v) is 4.00. The zero-order chi connectivity index (χ0) is 18.2. The topological polar surface area (TPSA) is 61.3 Å². The van der Waals surface area contributed by atoms with Crippen LogP contribution in [0.2, 0.25) is 0 Å². The number of aryl methyl sites for hydroxylation is 1. The van der Waals surface area contributed by atoms with E-state index in [-0.39, 0.29) is 0 Å². The summed E-state index contributed by atoms with van der Waals surface area (Å²) >= 11 is 0. The first-order valence-electron chi connectivity index (χ1n) is 10.2. The van der Waals surface area contributed by atoms with Gasteiger partial charge in [-0.15, -0.1) is 0 Å². The molecular formula is C20H27N7. The van der Waals surface area contributed by atoms with Gasteiger partial charge in [0.2, 0.25) is 5.95 Å². The highest BCUT2D eigenvalue weighted by atomic mass is 15.3. The Morgan fingerprint density at radius 1 is 0.815 bits per heavy atom. The summed E-state index contributed by atoms with van der Waals surface area (Å²) in [5.41, 5.74) is 1.05. The Bertz CT molecular complexity index is 806. The summed E-state index contributed by atoms with van der Waals surface area (Å²) in [4.78, 5) is 25.9. The highest BCUT2D eigenvalue weighted by Crippen LogP contribution is 2.38. The molecule has 5 rings (SSSR count). The molecule has 2 aliphatic heterocycles. The molecule has 7 nitrogen and oxygen atoms in total. The zero-order valence-electron chi connectivity index (χ0n) is 16.0. The minimum atomic E-state index is 0.593. The van der Waals surface area contributed by atoms with Gasteiger partial charge in [-0.05, 0) is 38.7 Å². The van der Waals surface area contributed by atoms with Crippen LogP contribution in [0.3, 0.4) is 0 Å². The smallest absolute Gasteiger partial charge is 0.227 e. The van der Waals surface area contributed by atoms with E-state index in [1.165, 1.54) is 25.7 Å². The molecule has 142 valence electrons. The Kier molecular flexibility index (Phi) is 4.30. The molecule has 0 atom stereocenters. The number of hydrogen-bond acceptors (Lipinski definition) is 7. The van der Waals surface area contributed by atoms with E-state index in [0.29, 0.717) is 5.92 Å². The minimum Gasteiger partial charge on any atom is -0.356 e. The lowest BCUT2D eigenvalue weighted by Gasteiger charge is -2.35. The third kappa shape index (κ3) is 3.55. The zero-order valence-corrected chi connectivity index (χ0v) is 16.0. The molecule has 0 unspecified atom stereocenters. The van der Waals surface area contributed by atoms with Crippen molar-refractivity contribution in [3.05, 3.63) is 29.8 Å². The van der Waals surface area contributed by atoms with Crippen LogP contribution in [0.1, 0.15) is 43.1 Å². The van der Waals surface area contributed by atoms with Gasteiger partial charge in [-0.3, -0.25) is 0 Å². The number of nitrogens with zero attached hydrogens (tertiary/aromatic N) is 7. The summed E-state index contributed by atoms with van der Waals surface area (Å²) in [6.07, 6.45) is 6.91. The van der Waals surface area contributed by atoms with E-state index >= 15 is 0 Å². The van der Waals surface area contributed by atoms with Gasteiger partial charge in [0, 0.05) is 63.1 Å². The number of piperazine rings is 1. The van der Waals surface area contributed by atoms with Gasteiger partial charge in [-0.1, -0.05) is 0 Å². The molecule has 2 saturated heterocycles. The Morgan fingerprint density at radius 2 is 1.52 bits per heavy atom. The second-order valence-electron chi connectivity index (χ2n) is 7.88. The van der Waals surface area contributed by atoms with Gasteiger partial charge in [0.1, 0.15) is 17.5 Å². The third-order valence-corrected chi connectivity index (χ3v) is 5.75. The Hall–Kier alpha value is -2.44. The molecule has 0 aromatic carbocycles. The molecule has 1 aliphatic carbocycles. The molecular weight excluding hydrogens is 338 g/mol. The van der Waals surface area contributed by atoms with E-state index in [2.05, 4.69) is 32.7 Å². The maximum absolute atomic E-state index is 4.88. The first-order chi connectivity index (χ1) is 13.3. The molecule has 7 heteroatoms. The Labute approximate surface area is 160 Å². The molecule has 1 saturated carbocycles. The third-order valence-electron chi connectivity index (χ3n) is 5.75. The van der Waals surface area contributed by atoms with Gasteiger partial charge in [-0.2, -0.15) is 4.98 Å².